The number of hydrogen-bond acceptors (Lipinski definition) is 3. The Kier molecular flexibility index (Phi) is 7.12. The van der Waals surface area contributed by atoms with Gasteiger partial charge in [0.2, 0.25) is 0 Å². The molecule has 68 valence electrons. The molecule has 0 aromatic rings. The Labute approximate surface area is 73.8 Å². The first-order valence-electron chi connectivity index (χ1n) is 4.16. The highest BCUT2D eigenvalue weighted by molar-refractivity contribution is 7.99. The van der Waals surface area contributed by atoms with Crippen molar-refractivity contribution in [2.75, 3.05) is 19.4 Å². The summed E-state index contributed by atoms with van der Waals surface area (Å²) in [5, 5.41) is 12.5. The molecule has 11 heavy (non-hydrogen) atoms. The van der Waals surface area contributed by atoms with Crippen molar-refractivity contribution in [2.45, 2.75) is 31.6 Å². The molecule has 0 spiro atoms. The van der Waals surface area contributed by atoms with E-state index in [1.807, 2.05) is 18.8 Å². The van der Waals surface area contributed by atoms with E-state index in [0.717, 1.165) is 12.2 Å². The van der Waals surface area contributed by atoms with Gasteiger partial charge < -0.3 is 10.4 Å². The first-order chi connectivity index (χ1) is 5.26. The van der Waals surface area contributed by atoms with Gasteiger partial charge in [0.15, 0.2) is 0 Å². The Balaban J connectivity index is 3.51. The van der Waals surface area contributed by atoms with Gasteiger partial charge in [-0.05, 0) is 13.5 Å². The highest BCUT2D eigenvalue weighted by Crippen LogP contribution is 2.15. The van der Waals surface area contributed by atoms with E-state index in [4.69, 9.17) is 5.11 Å². The van der Waals surface area contributed by atoms with Crippen LogP contribution < -0.4 is 5.32 Å². The third-order valence-electron chi connectivity index (χ3n) is 1.85. The molecule has 0 bridgehead atoms. The topological polar surface area (TPSA) is 32.3 Å². The highest BCUT2D eigenvalue weighted by Gasteiger charge is 2.12. The van der Waals surface area contributed by atoms with Crippen molar-refractivity contribution in [1.29, 1.82) is 0 Å². The Morgan fingerprint density at radius 2 is 2.18 bits per heavy atom. The van der Waals surface area contributed by atoms with Gasteiger partial charge in [-0.3, -0.25) is 0 Å². The van der Waals surface area contributed by atoms with Crippen LogP contribution in [0, 0.1) is 0 Å². The van der Waals surface area contributed by atoms with Crippen LogP contribution in [-0.4, -0.2) is 35.8 Å². The molecule has 0 amide bonds. The molecule has 0 aromatic carbocycles. The number of thioether (sulfide) groups is 1. The lowest BCUT2D eigenvalue weighted by Crippen LogP contribution is -2.33. The molecule has 0 aliphatic carbocycles. The van der Waals surface area contributed by atoms with Gasteiger partial charge in [0, 0.05) is 17.0 Å². The van der Waals surface area contributed by atoms with Gasteiger partial charge in [-0.2, -0.15) is 11.8 Å². The van der Waals surface area contributed by atoms with Crippen LogP contribution in [0.25, 0.3) is 0 Å². The van der Waals surface area contributed by atoms with Gasteiger partial charge in [0.05, 0.1) is 6.61 Å². The Morgan fingerprint density at radius 1 is 1.55 bits per heavy atom. The van der Waals surface area contributed by atoms with Crippen LogP contribution in [0.3, 0.4) is 0 Å². The number of aliphatic hydroxyl groups is 1. The predicted octanol–water partition coefficient (Wildman–Crippen LogP) is 1.10. The fraction of sp³-hybridized carbons (Fsp3) is 1.00. The van der Waals surface area contributed by atoms with Crippen LogP contribution in [0.5, 0.6) is 0 Å². The Morgan fingerprint density at radius 3 is 2.55 bits per heavy atom. The zero-order chi connectivity index (χ0) is 8.69. The van der Waals surface area contributed by atoms with Crippen LogP contribution >= 0.6 is 11.8 Å². The van der Waals surface area contributed by atoms with Crippen molar-refractivity contribution in [1.82, 2.24) is 5.32 Å². The van der Waals surface area contributed by atoms with Crippen LogP contribution in [0.2, 0.25) is 0 Å². The minimum absolute atomic E-state index is 0.287. The molecule has 2 unspecified atom stereocenters. The summed E-state index contributed by atoms with van der Waals surface area (Å²) < 4.78 is 0. The van der Waals surface area contributed by atoms with Crippen LogP contribution in [0.15, 0.2) is 0 Å². The first-order valence-corrected chi connectivity index (χ1v) is 5.20. The van der Waals surface area contributed by atoms with E-state index < -0.39 is 0 Å². The van der Waals surface area contributed by atoms with Crippen molar-refractivity contribution in [3.63, 3.8) is 0 Å². The van der Waals surface area contributed by atoms with Crippen molar-refractivity contribution in [2.24, 2.45) is 0 Å². The van der Waals surface area contributed by atoms with Crippen molar-refractivity contribution in [3.8, 4) is 0 Å². The van der Waals surface area contributed by atoms with Crippen LogP contribution in [0.4, 0.5) is 0 Å². The fourth-order valence-electron chi connectivity index (χ4n) is 1.13. The zero-order valence-corrected chi connectivity index (χ0v) is 8.45. The third-order valence-corrected chi connectivity index (χ3v) is 3.12. The molecule has 0 aliphatic heterocycles. The van der Waals surface area contributed by atoms with E-state index in [-0.39, 0.29) is 6.61 Å². The quantitative estimate of drug-likeness (QED) is 0.637. The lowest BCUT2D eigenvalue weighted by molar-refractivity contribution is 0.322. The summed E-state index contributed by atoms with van der Waals surface area (Å²) in [7, 11) is 1.99. The third kappa shape index (κ3) is 4.67. The van der Waals surface area contributed by atoms with E-state index in [1.165, 1.54) is 0 Å². The van der Waals surface area contributed by atoms with Crippen molar-refractivity contribution >= 4 is 11.8 Å². The lowest BCUT2D eigenvalue weighted by atomic mass is 10.2. The lowest BCUT2D eigenvalue weighted by Gasteiger charge is -2.21. The molecule has 2 atom stereocenters. The molecule has 2 nitrogen and oxygen atoms in total. The first kappa shape index (κ1) is 11.3. The molecule has 0 rings (SSSR count). The maximum atomic E-state index is 8.60. The maximum Gasteiger partial charge on any atom is 0.0521 e. The second kappa shape index (κ2) is 6.95. The van der Waals surface area contributed by atoms with E-state index in [9.17, 15) is 0 Å². The monoisotopic (exact) mass is 177 g/mol. The highest BCUT2D eigenvalue weighted by atomic mass is 32.2. The SMILES string of the molecule is CCC(NC)C(C)SCCO. The summed E-state index contributed by atoms with van der Waals surface area (Å²) in [6.45, 7) is 4.66. The minimum atomic E-state index is 0.287. The standard InChI is InChI=1S/C8H19NOS/c1-4-8(9-3)7(2)11-6-5-10/h7-10H,4-6H2,1-3H3. The van der Waals surface area contributed by atoms with Crippen LogP contribution in [-0.2, 0) is 0 Å². The molecule has 0 aliphatic rings. The average Bonchev–Trinajstić information content (AvgIpc) is 2.03. The molecule has 0 fully saturated rings. The Hall–Kier alpha value is 0.270. The van der Waals surface area contributed by atoms with Gasteiger partial charge in [-0.25, -0.2) is 0 Å². The summed E-state index contributed by atoms with van der Waals surface area (Å²) in [6, 6.07) is 0.576. The van der Waals surface area contributed by atoms with E-state index in [2.05, 4.69) is 19.2 Å². The van der Waals surface area contributed by atoms with E-state index in [0.29, 0.717) is 11.3 Å². The van der Waals surface area contributed by atoms with Gasteiger partial charge in [-0.1, -0.05) is 13.8 Å². The zero-order valence-electron chi connectivity index (χ0n) is 7.63. The molecule has 0 radical (unpaired) electrons. The van der Waals surface area contributed by atoms with Crippen molar-refractivity contribution < 1.29 is 5.11 Å². The number of aliphatic hydroxyl groups excluding tert-OH is 1. The molecule has 0 saturated heterocycles. The smallest absolute Gasteiger partial charge is 0.0521 e. The number of rotatable bonds is 6. The summed E-state index contributed by atoms with van der Waals surface area (Å²) in [5.74, 6) is 0.847. The molecule has 3 heteroatoms. The second-order valence-electron chi connectivity index (χ2n) is 2.60. The van der Waals surface area contributed by atoms with Gasteiger partial charge >= 0.3 is 0 Å². The van der Waals surface area contributed by atoms with Crippen molar-refractivity contribution in [3.05, 3.63) is 0 Å². The van der Waals surface area contributed by atoms with E-state index in [1.54, 1.807) is 0 Å². The normalized spacial score (nSPS) is 16.4. The summed E-state index contributed by atoms with van der Waals surface area (Å²) in [4.78, 5) is 0. The largest absolute Gasteiger partial charge is 0.396 e. The minimum Gasteiger partial charge on any atom is -0.396 e. The number of hydrogen-bond donors (Lipinski definition) is 2. The molecule has 0 aromatic heterocycles. The summed E-state index contributed by atoms with van der Waals surface area (Å²) in [5.41, 5.74) is 0. The van der Waals surface area contributed by atoms with Gasteiger partial charge in [-0.15, -0.1) is 0 Å². The number of nitrogens with one attached hydrogen (secondary N) is 1. The second-order valence-corrected chi connectivity index (χ2v) is 4.09. The maximum absolute atomic E-state index is 8.60. The predicted molar refractivity (Wildman–Crippen MR) is 52.1 cm³/mol. The van der Waals surface area contributed by atoms with Gasteiger partial charge in [0.1, 0.15) is 0 Å². The molecule has 2 N–H and O–H groups in total. The van der Waals surface area contributed by atoms with Crippen LogP contribution in [0.1, 0.15) is 20.3 Å². The average molecular weight is 177 g/mol. The molecular formula is C8H19NOS. The summed E-state index contributed by atoms with van der Waals surface area (Å²) >= 11 is 1.82. The molecular weight excluding hydrogens is 158 g/mol. The fourth-order valence-corrected chi connectivity index (χ4v) is 2.16. The van der Waals surface area contributed by atoms with E-state index >= 15 is 0 Å². The molecule has 0 saturated carbocycles. The van der Waals surface area contributed by atoms with Gasteiger partial charge in [0.25, 0.3) is 0 Å². The summed E-state index contributed by atoms with van der Waals surface area (Å²) in [6.07, 6.45) is 1.15. The molecule has 0 heterocycles. The Bertz CT molecular complexity index is 86.2.